The van der Waals surface area contributed by atoms with Gasteiger partial charge in [0.1, 0.15) is 5.78 Å². The number of carbonyl (C=O) groups is 2. The predicted octanol–water partition coefficient (Wildman–Crippen LogP) is 5.00. The van der Waals surface area contributed by atoms with Gasteiger partial charge < -0.3 is 25.1 Å². The van der Waals surface area contributed by atoms with Gasteiger partial charge in [-0.1, -0.05) is 72.1 Å². The number of amides is 1. The van der Waals surface area contributed by atoms with Gasteiger partial charge in [0, 0.05) is 31.9 Å². The fourth-order valence-electron chi connectivity index (χ4n) is 7.76. The average Bonchev–Trinajstić information content (AvgIpc) is 3.34. The fourth-order valence-corrected chi connectivity index (χ4v) is 7.76. The van der Waals surface area contributed by atoms with Crippen molar-refractivity contribution >= 4 is 24.8 Å². The normalized spacial score (nSPS) is 26.3. The highest BCUT2D eigenvalue weighted by Gasteiger charge is 2.68. The maximum Gasteiger partial charge on any atom is 0.481 e. The van der Waals surface area contributed by atoms with Gasteiger partial charge in [-0.05, 0) is 68.6 Å². The molecule has 0 aromatic heterocycles. The van der Waals surface area contributed by atoms with Crippen molar-refractivity contribution in [1.82, 2.24) is 10.7 Å². The second-order valence-corrected chi connectivity index (χ2v) is 14.9. The van der Waals surface area contributed by atoms with E-state index < -0.39 is 18.1 Å². The van der Waals surface area contributed by atoms with Gasteiger partial charge in [0.25, 0.3) is 5.96 Å². The number of nitro groups is 1. The van der Waals surface area contributed by atoms with Crippen molar-refractivity contribution in [2.75, 3.05) is 19.8 Å². The van der Waals surface area contributed by atoms with Gasteiger partial charge in [0.05, 0.1) is 24.3 Å². The van der Waals surface area contributed by atoms with Crippen LogP contribution in [0.3, 0.4) is 0 Å². The molecule has 1 saturated heterocycles. The van der Waals surface area contributed by atoms with Crippen LogP contribution in [0.1, 0.15) is 125 Å². The van der Waals surface area contributed by atoms with Crippen LogP contribution in [0.15, 0.2) is 4.99 Å². The molecule has 13 heteroatoms. The van der Waals surface area contributed by atoms with Gasteiger partial charge in [0.2, 0.25) is 5.91 Å². The number of guanidine groups is 1. The number of hydrogen-bond acceptors (Lipinski definition) is 8. The number of hydrazine groups is 1. The van der Waals surface area contributed by atoms with E-state index in [-0.39, 0.29) is 66.0 Å². The molecule has 1 aliphatic heterocycles. The molecular weight excluding hydrogens is 589 g/mol. The number of unbranched alkanes of at least 4 members (excludes halogenated alkanes) is 5. The highest BCUT2D eigenvalue weighted by molar-refractivity contribution is 6.47. The van der Waals surface area contributed by atoms with E-state index in [4.69, 9.17) is 19.8 Å². The van der Waals surface area contributed by atoms with E-state index in [1.54, 1.807) is 0 Å². The number of hydrogen-bond donors (Lipinski definition) is 3. The number of ketones is 1. The van der Waals surface area contributed by atoms with Crippen LogP contribution in [0.2, 0.25) is 0 Å². The number of Topliss-reactive ketones (excluding diaryl/α,β-unsaturated/α-hetero) is 1. The van der Waals surface area contributed by atoms with Crippen LogP contribution in [0.5, 0.6) is 0 Å². The van der Waals surface area contributed by atoms with E-state index in [0.29, 0.717) is 44.3 Å². The van der Waals surface area contributed by atoms with Crippen LogP contribution in [0.4, 0.5) is 0 Å². The second-order valence-electron chi connectivity index (χ2n) is 14.9. The molecule has 4 fully saturated rings. The Morgan fingerprint density at radius 2 is 1.83 bits per heavy atom. The minimum Gasteiger partial charge on any atom is -0.404 e. The first kappa shape index (κ1) is 38.2. The van der Waals surface area contributed by atoms with E-state index >= 15 is 0 Å². The third-order valence-corrected chi connectivity index (χ3v) is 10.6. The molecule has 6 atom stereocenters. The highest BCUT2D eigenvalue weighted by Crippen LogP contribution is 2.65. The summed E-state index contributed by atoms with van der Waals surface area (Å²) < 4.78 is 19.0. The van der Waals surface area contributed by atoms with Gasteiger partial charge >= 0.3 is 7.12 Å². The lowest BCUT2D eigenvalue weighted by atomic mass is 9.43. The number of nitrogens with zero attached hydrogens (tertiary/aromatic N) is 2. The lowest BCUT2D eigenvalue weighted by molar-refractivity contribution is -0.525. The lowest BCUT2D eigenvalue weighted by Gasteiger charge is -2.64. The Kier molecular flexibility index (Phi) is 14.8. The zero-order chi connectivity index (χ0) is 33.9. The van der Waals surface area contributed by atoms with E-state index in [1.165, 1.54) is 25.7 Å². The molecule has 262 valence electrons. The average molecular weight is 650 g/mol. The molecule has 4 rings (SSSR count). The summed E-state index contributed by atoms with van der Waals surface area (Å²) in [6.07, 6.45) is 11.0. The van der Waals surface area contributed by atoms with Crippen molar-refractivity contribution in [1.29, 1.82) is 0 Å². The molecule has 3 saturated carbocycles. The Balaban J connectivity index is 1.59. The molecule has 46 heavy (non-hydrogen) atoms. The number of rotatable bonds is 22. The Hall–Kier alpha value is -2.25. The molecule has 0 aromatic rings. The van der Waals surface area contributed by atoms with Gasteiger partial charge in [-0.25, -0.2) is 15.1 Å². The van der Waals surface area contributed by atoms with Crippen molar-refractivity contribution in [3.05, 3.63) is 10.1 Å². The van der Waals surface area contributed by atoms with Crippen LogP contribution < -0.4 is 16.5 Å². The van der Waals surface area contributed by atoms with E-state index in [9.17, 15) is 19.7 Å². The van der Waals surface area contributed by atoms with Crippen molar-refractivity contribution in [3.63, 3.8) is 0 Å². The Bertz CT molecular complexity index is 1040. The first-order valence-electron chi connectivity index (χ1n) is 17.7. The smallest absolute Gasteiger partial charge is 0.404 e. The van der Waals surface area contributed by atoms with Crippen LogP contribution in [0.25, 0.3) is 0 Å². The van der Waals surface area contributed by atoms with Crippen LogP contribution >= 0.6 is 0 Å². The van der Waals surface area contributed by atoms with Crippen molar-refractivity contribution in [2.45, 2.75) is 143 Å². The summed E-state index contributed by atoms with van der Waals surface area (Å²) in [5.74, 6) is -0.173. The highest BCUT2D eigenvalue weighted by atomic mass is 16.7. The maximum absolute atomic E-state index is 13.8. The van der Waals surface area contributed by atoms with E-state index in [0.717, 1.165) is 25.7 Å². The van der Waals surface area contributed by atoms with Crippen molar-refractivity contribution in [2.24, 2.45) is 39.8 Å². The number of carbonyl (C=O) groups excluding carboxylic acids is 2. The Labute approximate surface area is 276 Å². The summed E-state index contributed by atoms with van der Waals surface area (Å²) in [4.78, 5) is 41.4. The van der Waals surface area contributed by atoms with Crippen LogP contribution in [-0.4, -0.2) is 67.2 Å². The largest absolute Gasteiger partial charge is 0.481 e. The number of nitrogens with two attached hydrogens (primary N) is 1. The molecule has 4 aliphatic rings. The van der Waals surface area contributed by atoms with Crippen LogP contribution in [-0.2, 0) is 23.6 Å². The molecule has 0 radical (unpaired) electrons. The zero-order valence-electron chi connectivity index (χ0n) is 29.2. The van der Waals surface area contributed by atoms with Gasteiger partial charge in [0.15, 0.2) is 5.03 Å². The number of nitrogens with one attached hydrogen (secondary N) is 2. The van der Waals surface area contributed by atoms with Gasteiger partial charge in [-0.15, -0.1) is 0 Å². The summed E-state index contributed by atoms with van der Waals surface area (Å²) in [7, 11) is -0.555. The van der Waals surface area contributed by atoms with Gasteiger partial charge in [-0.3, -0.25) is 9.59 Å². The zero-order valence-corrected chi connectivity index (χ0v) is 29.2. The van der Waals surface area contributed by atoms with E-state index in [2.05, 4.69) is 51.9 Å². The minimum atomic E-state index is -0.773. The van der Waals surface area contributed by atoms with Crippen molar-refractivity contribution < 1.29 is 28.7 Å². The summed E-state index contributed by atoms with van der Waals surface area (Å²) >= 11 is 0. The quantitative estimate of drug-likeness (QED) is 0.0365. The molecule has 1 amide bonds. The first-order chi connectivity index (χ1) is 21.8. The Morgan fingerprint density at radius 1 is 1.11 bits per heavy atom. The monoisotopic (exact) mass is 649 g/mol. The maximum atomic E-state index is 13.8. The number of ether oxygens (including phenoxy) is 1. The van der Waals surface area contributed by atoms with Crippen LogP contribution in [0, 0.1) is 39.2 Å². The standard InChI is InChI=1S/C33H60BN5O7/c1-7-8-9-10-11-12-17-44-18-15-26(40)20-24(14-13-16-36-31(35)38-39(42)43)30(41)37-29(19-23(2)3)34-45-28-22-25-21-27(32(25,4)5)33(28,6)46-34/h23-25,27-29H,7-22H2,1-6H3,(H,37,41)(H3,35,36,38)/t24-,25-,27-,28-,29+,33+/m1/s1. The SMILES string of the molecule is CCCCCCCCOCCC(=O)C[C@@H](CCCN=C(N)N[N+](=O)[O-])C(=O)N[C@@H](CC(C)C)B1O[C@@H]2C[C@H]3C[C@H](C3(C)C)[C@]2(C)O1. The fraction of sp³-hybridized carbons (Fsp3) is 0.909. The molecule has 3 aliphatic carbocycles. The molecule has 0 unspecified atom stereocenters. The third-order valence-electron chi connectivity index (χ3n) is 10.6. The Morgan fingerprint density at radius 3 is 2.50 bits per heavy atom. The molecule has 0 spiro atoms. The molecule has 1 heterocycles. The molecule has 4 N–H and O–H groups in total. The topological polar surface area (TPSA) is 167 Å². The molecule has 2 bridgehead atoms. The van der Waals surface area contributed by atoms with Gasteiger partial charge in [-0.2, -0.15) is 0 Å². The predicted molar refractivity (Wildman–Crippen MR) is 179 cm³/mol. The lowest BCUT2D eigenvalue weighted by Crippen LogP contribution is -2.65. The van der Waals surface area contributed by atoms with E-state index in [1.807, 2.05) is 5.43 Å². The third kappa shape index (κ3) is 10.6. The summed E-state index contributed by atoms with van der Waals surface area (Å²) in [5, 5.41) is 13.1. The first-order valence-corrected chi connectivity index (χ1v) is 17.7. The molecule has 12 nitrogen and oxygen atoms in total. The molecule has 0 aromatic carbocycles. The summed E-state index contributed by atoms with van der Waals surface area (Å²) in [6, 6.07) is 0. The summed E-state index contributed by atoms with van der Waals surface area (Å²) in [6.45, 7) is 14.4. The summed E-state index contributed by atoms with van der Waals surface area (Å²) in [5.41, 5.74) is 7.20. The minimum absolute atomic E-state index is 0.00523. The number of aliphatic imine (C=N–C) groups is 1. The van der Waals surface area contributed by atoms with Crippen molar-refractivity contribution in [3.8, 4) is 0 Å². The second kappa shape index (κ2) is 17.8. The molecular formula is C33H60BN5O7.